The van der Waals surface area contributed by atoms with E-state index in [1.807, 2.05) is 52.0 Å². The Labute approximate surface area is 205 Å². The van der Waals surface area contributed by atoms with Crippen molar-refractivity contribution in [3.63, 3.8) is 0 Å². The van der Waals surface area contributed by atoms with Crippen LogP contribution in [0.5, 0.6) is 0 Å². The lowest BCUT2D eigenvalue weighted by Crippen LogP contribution is -2.26. The van der Waals surface area contributed by atoms with Crippen LogP contribution >= 0.6 is 0 Å². The predicted molar refractivity (Wildman–Crippen MR) is 136 cm³/mol. The van der Waals surface area contributed by atoms with Crippen molar-refractivity contribution in [2.45, 2.75) is 45.9 Å². The Morgan fingerprint density at radius 1 is 1.14 bits per heavy atom. The van der Waals surface area contributed by atoms with E-state index >= 15 is 0 Å². The van der Waals surface area contributed by atoms with Gasteiger partial charge in [-0.25, -0.2) is 18.1 Å². The van der Waals surface area contributed by atoms with Gasteiger partial charge in [0.15, 0.2) is 15.5 Å². The third-order valence-corrected chi connectivity index (χ3v) is 7.45. The average Bonchev–Trinajstić information content (AvgIpc) is 3.38. The largest absolute Gasteiger partial charge is 0.466 e. The van der Waals surface area contributed by atoms with Gasteiger partial charge in [0.1, 0.15) is 11.5 Å². The van der Waals surface area contributed by atoms with Crippen molar-refractivity contribution in [2.75, 3.05) is 12.3 Å². The third-order valence-electron chi connectivity index (χ3n) is 5.76. The zero-order chi connectivity index (χ0) is 25.2. The van der Waals surface area contributed by atoms with Crippen molar-refractivity contribution in [3.05, 3.63) is 71.3 Å². The molecule has 0 aliphatic rings. The molecule has 3 aromatic heterocycles. The minimum absolute atomic E-state index is 0.00203. The molecule has 0 bridgehead atoms. The quantitative estimate of drug-likeness (QED) is 0.340. The summed E-state index contributed by atoms with van der Waals surface area (Å²) in [7, 11) is -3.27. The summed E-state index contributed by atoms with van der Waals surface area (Å²) in [6, 6.07) is 12.8. The highest BCUT2D eigenvalue weighted by molar-refractivity contribution is 7.90. The minimum atomic E-state index is -3.27. The lowest BCUT2D eigenvalue weighted by atomic mass is 10.1. The molecule has 3 heterocycles. The molecular formula is C26H30N4O4S. The van der Waals surface area contributed by atoms with Gasteiger partial charge < -0.3 is 9.73 Å². The number of pyridine rings is 1. The highest BCUT2D eigenvalue weighted by Gasteiger charge is 2.20. The predicted octanol–water partition coefficient (Wildman–Crippen LogP) is 4.62. The van der Waals surface area contributed by atoms with Gasteiger partial charge in [0, 0.05) is 18.2 Å². The second kappa shape index (κ2) is 10.0. The molecule has 35 heavy (non-hydrogen) atoms. The average molecular weight is 495 g/mol. The second-order valence-electron chi connectivity index (χ2n) is 8.99. The Bertz CT molecular complexity index is 1450. The fourth-order valence-corrected chi connectivity index (χ4v) is 5.53. The molecule has 0 saturated heterocycles. The number of hydrogen-bond acceptors (Lipinski definition) is 6. The van der Waals surface area contributed by atoms with E-state index in [-0.39, 0.29) is 30.0 Å². The standard InChI is InChI=1S/C26H30N4O4S/c1-17(2)30-25-23(15-28-30)22(14-24(29-25)21-13-18(3)34-19(21)4)26(31)27-11-8-12-35(32,33)16-20-9-6-5-7-10-20/h5-7,9-10,13-15,17H,8,11-12,16H2,1-4H3,(H,27,31). The summed E-state index contributed by atoms with van der Waals surface area (Å²) in [5, 5.41) is 7.96. The number of nitrogens with one attached hydrogen (secondary N) is 1. The van der Waals surface area contributed by atoms with E-state index in [4.69, 9.17) is 9.40 Å². The fourth-order valence-electron chi connectivity index (χ4n) is 4.10. The van der Waals surface area contributed by atoms with Crippen molar-refractivity contribution < 1.29 is 17.6 Å². The van der Waals surface area contributed by atoms with Crippen LogP contribution in [0.4, 0.5) is 0 Å². The van der Waals surface area contributed by atoms with E-state index in [0.29, 0.717) is 28.7 Å². The second-order valence-corrected chi connectivity index (χ2v) is 11.2. The third kappa shape index (κ3) is 5.62. The van der Waals surface area contributed by atoms with Crippen molar-refractivity contribution >= 4 is 26.8 Å². The van der Waals surface area contributed by atoms with Crippen LogP contribution in [0.2, 0.25) is 0 Å². The lowest BCUT2D eigenvalue weighted by Gasteiger charge is -2.11. The number of fused-ring (bicyclic) bond motifs is 1. The van der Waals surface area contributed by atoms with Crippen molar-refractivity contribution in [2.24, 2.45) is 0 Å². The van der Waals surface area contributed by atoms with Crippen LogP contribution in [0, 0.1) is 13.8 Å². The first kappa shape index (κ1) is 24.7. The molecule has 0 radical (unpaired) electrons. The maximum atomic E-state index is 13.2. The van der Waals surface area contributed by atoms with E-state index in [0.717, 1.165) is 22.6 Å². The van der Waals surface area contributed by atoms with E-state index in [9.17, 15) is 13.2 Å². The molecule has 4 rings (SSSR count). The SMILES string of the molecule is Cc1cc(-c2cc(C(=O)NCCCS(=O)(=O)Cc3ccccc3)c3cnn(C(C)C)c3n2)c(C)o1. The van der Waals surface area contributed by atoms with Crippen LogP contribution in [0.1, 0.15) is 53.8 Å². The summed E-state index contributed by atoms with van der Waals surface area (Å²) in [5.74, 6) is 1.19. The normalized spacial score (nSPS) is 11.9. The number of hydrogen-bond donors (Lipinski definition) is 1. The number of carbonyl (C=O) groups is 1. The number of carbonyl (C=O) groups excluding carboxylic acids is 1. The van der Waals surface area contributed by atoms with E-state index in [1.54, 1.807) is 29.1 Å². The van der Waals surface area contributed by atoms with Crippen LogP contribution in [0.3, 0.4) is 0 Å². The zero-order valence-electron chi connectivity index (χ0n) is 20.4. The molecule has 0 spiro atoms. The van der Waals surface area contributed by atoms with E-state index in [1.165, 1.54) is 0 Å². The minimum Gasteiger partial charge on any atom is -0.466 e. The van der Waals surface area contributed by atoms with Crippen molar-refractivity contribution in [3.8, 4) is 11.3 Å². The fraction of sp³-hybridized carbons (Fsp3) is 0.346. The molecule has 184 valence electrons. The number of rotatable bonds is 9. The molecule has 8 nitrogen and oxygen atoms in total. The Morgan fingerprint density at radius 3 is 2.54 bits per heavy atom. The first-order valence-corrected chi connectivity index (χ1v) is 13.4. The van der Waals surface area contributed by atoms with Gasteiger partial charge in [-0.3, -0.25) is 4.79 Å². The van der Waals surface area contributed by atoms with E-state index in [2.05, 4.69) is 10.4 Å². The number of sulfone groups is 1. The van der Waals surface area contributed by atoms with Crippen LogP contribution in [-0.4, -0.2) is 41.4 Å². The highest BCUT2D eigenvalue weighted by Crippen LogP contribution is 2.30. The highest BCUT2D eigenvalue weighted by atomic mass is 32.2. The molecule has 1 amide bonds. The van der Waals surface area contributed by atoms with Crippen LogP contribution in [-0.2, 0) is 15.6 Å². The molecule has 1 N–H and O–H groups in total. The van der Waals surface area contributed by atoms with Gasteiger partial charge in [-0.15, -0.1) is 0 Å². The first-order valence-electron chi connectivity index (χ1n) is 11.6. The van der Waals surface area contributed by atoms with Gasteiger partial charge in [-0.05, 0) is 51.8 Å². The molecular weight excluding hydrogens is 464 g/mol. The van der Waals surface area contributed by atoms with Crippen molar-refractivity contribution in [1.82, 2.24) is 20.1 Å². The molecule has 1 aromatic carbocycles. The van der Waals surface area contributed by atoms with Gasteiger partial charge in [0.2, 0.25) is 0 Å². The van der Waals surface area contributed by atoms with Crippen molar-refractivity contribution in [1.29, 1.82) is 0 Å². The molecule has 0 aliphatic heterocycles. The number of benzene rings is 1. The van der Waals surface area contributed by atoms with Crippen LogP contribution in [0.25, 0.3) is 22.3 Å². The van der Waals surface area contributed by atoms with Gasteiger partial charge in [-0.1, -0.05) is 30.3 Å². The maximum absolute atomic E-state index is 13.2. The zero-order valence-corrected chi connectivity index (χ0v) is 21.2. The van der Waals surface area contributed by atoms with Gasteiger partial charge in [0.05, 0.1) is 34.3 Å². The lowest BCUT2D eigenvalue weighted by molar-refractivity contribution is 0.0955. The Kier molecular flexibility index (Phi) is 7.07. The summed E-state index contributed by atoms with van der Waals surface area (Å²) in [4.78, 5) is 18.0. The number of aromatic nitrogens is 3. The Morgan fingerprint density at radius 2 is 1.89 bits per heavy atom. The molecule has 0 aliphatic carbocycles. The van der Waals surface area contributed by atoms with Crippen LogP contribution in [0.15, 0.2) is 53.1 Å². The molecule has 4 aromatic rings. The summed E-state index contributed by atoms with van der Waals surface area (Å²) < 4.78 is 32.4. The van der Waals surface area contributed by atoms with Crippen LogP contribution < -0.4 is 5.32 Å². The summed E-state index contributed by atoms with van der Waals surface area (Å²) in [5.41, 5.74) is 3.27. The maximum Gasteiger partial charge on any atom is 0.252 e. The number of aryl methyl sites for hydroxylation is 2. The number of amides is 1. The molecule has 9 heteroatoms. The topological polar surface area (TPSA) is 107 Å². The van der Waals surface area contributed by atoms with Gasteiger partial charge in [-0.2, -0.15) is 5.10 Å². The van der Waals surface area contributed by atoms with Gasteiger partial charge >= 0.3 is 0 Å². The molecule has 0 saturated carbocycles. The molecule has 0 unspecified atom stereocenters. The first-order chi connectivity index (χ1) is 16.6. The number of nitrogens with zero attached hydrogens (tertiary/aromatic N) is 3. The Balaban J connectivity index is 1.52. The summed E-state index contributed by atoms with van der Waals surface area (Å²) in [6.07, 6.45) is 1.98. The summed E-state index contributed by atoms with van der Waals surface area (Å²) >= 11 is 0. The summed E-state index contributed by atoms with van der Waals surface area (Å²) in [6.45, 7) is 7.98. The monoisotopic (exact) mass is 494 g/mol. The molecule has 0 atom stereocenters. The molecule has 0 fully saturated rings. The number of furan rings is 1. The smallest absolute Gasteiger partial charge is 0.252 e. The Hall–Kier alpha value is -3.46. The van der Waals surface area contributed by atoms with E-state index < -0.39 is 9.84 Å². The van der Waals surface area contributed by atoms with Gasteiger partial charge in [0.25, 0.3) is 5.91 Å².